The molecular weight excluding hydrogens is 347 g/mol. The molecule has 26 heavy (non-hydrogen) atoms. The van der Waals surface area contributed by atoms with Gasteiger partial charge >= 0.3 is 12.1 Å². The number of carbonyl (C=O) groups is 2. The summed E-state index contributed by atoms with van der Waals surface area (Å²) in [6.45, 7) is 0.800. The van der Waals surface area contributed by atoms with Gasteiger partial charge in [0.05, 0.1) is 17.5 Å². The van der Waals surface area contributed by atoms with E-state index in [1.54, 1.807) is 23.1 Å². The molecule has 1 aliphatic rings. The first-order chi connectivity index (χ1) is 12.2. The van der Waals surface area contributed by atoms with Crippen molar-refractivity contribution in [1.29, 1.82) is 0 Å². The molecule has 0 spiro atoms. The molecule has 4 nitrogen and oxygen atoms in total. The van der Waals surface area contributed by atoms with Gasteiger partial charge in [-0.25, -0.2) is 4.79 Å². The van der Waals surface area contributed by atoms with Crippen LogP contribution < -0.4 is 0 Å². The first-order valence-electron chi connectivity index (χ1n) is 8.03. The molecule has 0 fully saturated rings. The SMILES string of the molecule is O=C(O)c1ccc2c(c1)CN(C(=O)Cc1ccc(C(F)(F)F)cc1)CC2. The second-order valence-electron chi connectivity index (χ2n) is 6.23. The van der Waals surface area contributed by atoms with E-state index in [2.05, 4.69) is 0 Å². The average Bonchev–Trinajstić information content (AvgIpc) is 2.60. The van der Waals surface area contributed by atoms with Crippen molar-refractivity contribution in [3.8, 4) is 0 Å². The fourth-order valence-corrected chi connectivity index (χ4v) is 3.00. The van der Waals surface area contributed by atoms with Gasteiger partial charge in [0.15, 0.2) is 0 Å². The van der Waals surface area contributed by atoms with Crippen molar-refractivity contribution in [2.45, 2.75) is 25.6 Å². The van der Waals surface area contributed by atoms with Gasteiger partial charge in [0.1, 0.15) is 0 Å². The van der Waals surface area contributed by atoms with Gasteiger partial charge in [-0.2, -0.15) is 13.2 Å². The molecule has 3 rings (SSSR count). The Morgan fingerprint density at radius 1 is 1.04 bits per heavy atom. The zero-order valence-electron chi connectivity index (χ0n) is 13.7. The quantitative estimate of drug-likeness (QED) is 0.908. The van der Waals surface area contributed by atoms with Gasteiger partial charge in [-0.05, 0) is 47.4 Å². The molecule has 1 aliphatic heterocycles. The van der Waals surface area contributed by atoms with E-state index in [0.717, 1.165) is 23.3 Å². The van der Waals surface area contributed by atoms with E-state index in [9.17, 15) is 22.8 Å². The lowest BCUT2D eigenvalue weighted by Crippen LogP contribution is -2.37. The lowest BCUT2D eigenvalue weighted by Gasteiger charge is -2.29. The predicted molar refractivity (Wildman–Crippen MR) is 87.7 cm³/mol. The highest BCUT2D eigenvalue weighted by atomic mass is 19.4. The zero-order chi connectivity index (χ0) is 18.9. The van der Waals surface area contributed by atoms with E-state index in [0.29, 0.717) is 25.1 Å². The minimum absolute atomic E-state index is 0.00604. The number of halogens is 3. The van der Waals surface area contributed by atoms with Crippen LogP contribution in [-0.4, -0.2) is 28.4 Å². The molecular formula is C19H16F3NO3. The van der Waals surface area contributed by atoms with Crippen LogP contribution >= 0.6 is 0 Å². The standard InChI is InChI=1S/C19H16F3NO3/c20-19(21,22)16-5-1-12(2-6-16)9-17(24)23-8-7-13-3-4-14(18(25)26)10-15(13)11-23/h1-6,10H,7-9,11H2,(H,25,26). The second-order valence-corrected chi connectivity index (χ2v) is 6.23. The van der Waals surface area contributed by atoms with Crippen molar-refractivity contribution in [3.05, 3.63) is 70.3 Å². The highest BCUT2D eigenvalue weighted by Crippen LogP contribution is 2.29. The lowest BCUT2D eigenvalue weighted by molar-refractivity contribution is -0.137. The number of alkyl halides is 3. The van der Waals surface area contributed by atoms with E-state index >= 15 is 0 Å². The van der Waals surface area contributed by atoms with Gasteiger partial charge < -0.3 is 10.0 Å². The van der Waals surface area contributed by atoms with Gasteiger partial charge in [-0.15, -0.1) is 0 Å². The molecule has 0 saturated heterocycles. The van der Waals surface area contributed by atoms with Gasteiger partial charge in [-0.1, -0.05) is 18.2 Å². The molecule has 1 heterocycles. The van der Waals surface area contributed by atoms with Gasteiger partial charge in [0.2, 0.25) is 5.91 Å². The van der Waals surface area contributed by atoms with Crippen LogP contribution in [0.3, 0.4) is 0 Å². The topological polar surface area (TPSA) is 57.6 Å². The van der Waals surface area contributed by atoms with Crippen molar-refractivity contribution in [2.75, 3.05) is 6.54 Å². The van der Waals surface area contributed by atoms with E-state index in [1.807, 2.05) is 0 Å². The van der Waals surface area contributed by atoms with Crippen LogP contribution in [-0.2, 0) is 30.4 Å². The normalized spacial score (nSPS) is 14.0. The van der Waals surface area contributed by atoms with Crippen molar-refractivity contribution >= 4 is 11.9 Å². The first kappa shape index (κ1) is 18.0. The van der Waals surface area contributed by atoms with Crippen LogP contribution in [0.5, 0.6) is 0 Å². The molecule has 0 unspecified atom stereocenters. The molecule has 0 atom stereocenters. The number of amides is 1. The molecule has 0 radical (unpaired) electrons. The molecule has 1 N–H and O–H groups in total. The van der Waals surface area contributed by atoms with Gasteiger partial charge in [0.25, 0.3) is 0 Å². The Kier molecular flexibility index (Phi) is 4.71. The first-order valence-corrected chi connectivity index (χ1v) is 8.03. The third kappa shape index (κ3) is 3.87. The van der Waals surface area contributed by atoms with Gasteiger partial charge in [-0.3, -0.25) is 4.79 Å². The highest BCUT2D eigenvalue weighted by Gasteiger charge is 2.30. The lowest BCUT2D eigenvalue weighted by atomic mass is 9.97. The molecule has 1 amide bonds. The molecule has 0 bridgehead atoms. The number of carbonyl (C=O) groups excluding carboxylic acids is 1. The summed E-state index contributed by atoms with van der Waals surface area (Å²) in [4.78, 5) is 25.1. The summed E-state index contributed by atoms with van der Waals surface area (Å²) < 4.78 is 37.8. The van der Waals surface area contributed by atoms with Crippen LogP contribution in [0.4, 0.5) is 13.2 Å². The largest absolute Gasteiger partial charge is 0.478 e. The Hall–Kier alpha value is -2.83. The van der Waals surface area contributed by atoms with Crippen molar-refractivity contribution in [2.24, 2.45) is 0 Å². The van der Waals surface area contributed by atoms with E-state index in [1.165, 1.54) is 12.1 Å². The Morgan fingerprint density at radius 2 is 1.73 bits per heavy atom. The summed E-state index contributed by atoms with van der Waals surface area (Å²) in [6.07, 6.45) is -3.78. The Morgan fingerprint density at radius 3 is 2.35 bits per heavy atom. The fraction of sp³-hybridized carbons (Fsp3) is 0.263. The molecule has 0 aliphatic carbocycles. The number of benzene rings is 2. The number of hydrogen-bond acceptors (Lipinski definition) is 2. The number of hydrogen-bond donors (Lipinski definition) is 1. The summed E-state index contributed by atoms with van der Waals surface area (Å²) in [5, 5.41) is 9.08. The maximum absolute atomic E-state index is 12.6. The molecule has 0 aromatic heterocycles. The minimum Gasteiger partial charge on any atom is -0.478 e. The second kappa shape index (κ2) is 6.82. The number of nitrogens with zero attached hydrogens (tertiary/aromatic N) is 1. The van der Waals surface area contributed by atoms with Gasteiger partial charge in [0, 0.05) is 13.1 Å². The van der Waals surface area contributed by atoms with E-state index in [4.69, 9.17) is 5.11 Å². The number of carboxylic acids is 1. The van der Waals surface area contributed by atoms with Crippen molar-refractivity contribution in [1.82, 2.24) is 4.90 Å². The molecule has 0 saturated carbocycles. The third-order valence-corrected chi connectivity index (χ3v) is 4.45. The van der Waals surface area contributed by atoms with Crippen LogP contribution in [0.25, 0.3) is 0 Å². The van der Waals surface area contributed by atoms with E-state index in [-0.39, 0.29) is 17.9 Å². The van der Waals surface area contributed by atoms with Crippen LogP contribution in [0.1, 0.15) is 32.6 Å². The molecule has 2 aromatic carbocycles. The Labute approximate surface area is 147 Å². The number of carboxylic acid groups (broad SMARTS) is 1. The van der Waals surface area contributed by atoms with Crippen molar-refractivity contribution in [3.63, 3.8) is 0 Å². The van der Waals surface area contributed by atoms with Crippen LogP contribution in [0.2, 0.25) is 0 Å². The van der Waals surface area contributed by atoms with E-state index < -0.39 is 17.7 Å². The summed E-state index contributed by atoms with van der Waals surface area (Å²) >= 11 is 0. The average molecular weight is 363 g/mol. The molecule has 2 aromatic rings. The van der Waals surface area contributed by atoms with Crippen LogP contribution in [0, 0.1) is 0 Å². The maximum Gasteiger partial charge on any atom is 0.416 e. The number of aromatic carboxylic acids is 1. The summed E-state index contributed by atoms with van der Waals surface area (Å²) in [5.41, 5.74) is 1.72. The molecule has 136 valence electrons. The Balaban J connectivity index is 1.69. The summed E-state index contributed by atoms with van der Waals surface area (Å²) in [7, 11) is 0. The van der Waals surface area contributed by atoms with Crippen LogP contribution in [0.15, 0.2) is 42.5 Å². The van der Waals surface area contributed by atoms with Crippen molar-refractivity contribution < 1.29 is 27.9 Å². The zero-order valence-corrected chi connectivity index (χ0v) is 13.7. The Bertz CT molecular complexity index is 844. The third-order valence-electron chi connectivity index (χ3n) is 4.45. The number of fused-ring (bicyclic) bond motifs is 1. The monoisotopic (exact) mass is 363 g/mol. The highest BCUT2D eigenvalue weighted by molar-refractivity contribution is 5.88. The summed E-state index contributed by atoms with van der Waals surface area (Å²) in [6, 6.07) is 9.41. The fourth-order valence-electron chi connectivity index (χ4n) is 3.00. The summed E-state index contributed by atoms with van der Waals surface area (Å²) in [5.74, 6) is -1.22. The maximum atomic E-state index is 12.6. The minimum atomic E-state index is -4.40. The molecule has 7 heteroatoms. The predicted octanol–water partition coefficient (Wildman–Crippen LogP) is 3.53. The smallest absolute Gasteiger partial charge is 0.416 e. The number of rotatable bonds is 3.